The molecular weight excluding hydrogens is 331 g/mol. The van der Waals surface area contributed by atoms with Gasteiger partial charge in [0.2, 0.25) is 0 Å². The molecule has 2 heterocycles. The molecule has 0 spiro atoms. The number of nitrogens with zero attached hydrogens (tertiary/aromatic N) is 3. The normalized spacial score (nSPS) is 10.6. The summed E-state index contributed by atoms with van der Waals surface area (Å²) in [4.78, 5) is 16.0. The van der Waals surface area contributed by atoms with Crippen molar-refractivity contribution in [3.63, 3.8) is 0 Å². The van der Waals surface area contributed by atoms with Crippen molar-refractivity contribution in [3.05, 3.63) is 47.2 Å². The third kappa shape index (κ3) is 2.51. The summed E-state index contributed by atoms with van der Waals surface area (Å²) in [5.74, 6) is -0.314. The Morgan fingerprint density at radius 2 is 2.00 bits per heavy atom. The van der Waals surface area contributed by atoms with Crippen LogP contribution in [0.15, 0.2) is 36.4 Å². The number of benzene rings is 1. The van der Waals surface area contributed by atoms with Crippen molar-refractivity contribution in [1.82, 2.24) is 12.9 Å². The average molecular weight is 338 g/mol. The van der Waals surface area contributed by atoms with Gasteiger partial charge < -0.3 is 0 Å². The summed E-state index contributed by atoms with van der Waals surface area (Å²) in [7, 11) is 0. The molecule has 94 valence electrons. The second-order valence-electron chi connectivity index (χ2n) is 3.74. The second kappa shape index (κ2) is 5.09. The van der Waals surface area contributed by atoms with Gasteiger partial charge in [-0.3, -0.25) is 0 Å². The van der Waals surface area contributed by atoms with Gasteiger partial charge in [-0.25, -0.2) is 0 Å². The van der Waals surface area contributed by atoms with Gasteiger partial charge >= 0.3 is 119 Å². The van der Waals surface area contributed by atoms with Crippen LogP contribution in [0.2, 0.25) is 5.15 Å². The van der Waals surface area contributed by atoms with E-state index in [1.165, 1.54) is 0 Å². The number of anilines is 1. The second-order valence-corrected chi connectivity index (χ2v) is 5.23. The van der Waals surface area contributed by atoms with E-state index >= 15 is 0 Å². The van der Waals surface area contributed by atoms with Gasteiger partial charge in [0.25, 0.3) is 0 Å². The summed E-state index contributed by atoms with van der Waals surface area (Å²) in [6, 6.07) is 10.4. The standard InChI is InChI=1S/C12H7ClN4OSe/c13-10-6-2-5-9(14-10)12(18)15-7-3-1-4-8-11(7)17-19-16-8/h1-6H,(H,15,18). The van der Waals surface area contributed by atoms with Crippen LogP contribution >= 0.6 is 11.6 Å². The molecule has 5 nitrogen and oxygen atoms in total. The van der Waals surface area contributed by atoms with Crippen molar-refractivity contribution in [3.8, 4) is 0 Å². The Labute approximate surface area is 119 Å². The predicted octanol–water partition coefficient (Wildman–Crippen LogP) is 1.99. The van der Waals surface area contributed by atoms with Gasteiger partial charge in [0.05, 0.1) is 0 Å². The van der Waals surface area contributed by atoms with Crippen LogP contribution < -0.4 is 5.32 Å². The fourth-order valence-electron chi connectivity index (χ4n) is 1.63. The van der Waals surface area contributed by atoms with Gasteiger partial charge in [0.15, 0.2) is 0 Å². The first-order chi connectivity index (χ1) is 9.24. The zero-order chi connectivity index (χ0) is 13.2. The van der Waals surface area contributed by atoms with Gasteiger partial charge in [0.1, 0.15) is 0 Å². The zero-order valence-electron chi connectivity index (χ0n) is 9.50. The first-order valence-corrected chi connectivity index (χ1v) is 7.30. The quantitative estimate of drug-likeness (QED) is 0.573. The number of hydrogen-bond acceptors (Lipinski definition) is 4. The Hall–Kier alpha value is -1.75. The molecule has 7 heteroatoms. The Balaban J connectivity index is 1.93. The van der Waals surface area contributed by atoms with Crippen molar-refractivity contribution in [1.29, 1.82) is 0 Å². The third-order valence-electron chi connectivity index (χ3n) is 2.48. The van der Waals surface area contributed by atoms with Crippen LogP contribution in [0.5, 0.6) is 0 Å². The van der Waals surface area contributed by atoms with Crippen LogP contribution in [0.4, 0.5) is 5.69 Å². The Bertz CT molecular complexity index is 758. The van der Waals surface area contributed by atoms with E-state index in [2.05, 4.69) is 18.3 Å². The third-order valence-corrected chi connectivity index (χ3v) is 3.83. The van der Waals surface area contributed by atoms with E-state index in [0.717, 1.165) is 11.0 Å². The Morgan fingerprint density at radius 3 is 2.84 bits per heavy atom. The first kappa shape index (κ1) is 12.3. The molecule has 0 radical (unpaired) electrons. The number of halogens is 1. The Kier molecular flexibility index (Phi) is 3.29. The van der Waals surface area contributed by atoms with Crippen LogP contribution in [-0.2, 0) is 0 Å². The van der Waals surface area contributed by atoms with Gasteiger partial charge in [-0.05, 0) is 0 Å². The van der Waals surface area contributed by atoms with E-state index in [4.69, 9.17) is 11.6 Å². The molecule has 0 saturated carbocycles. The maximum absolute atomic E-state index is 12.1. The summed E-state index contributed by atoms with van der Waals surface area (Å²) < 4.78 is 8.56. The molecule has 0 unspecified atom stereocenters. The van der Waals surface area contributed by atoms with Gasteiger partial charge in [-0.2, -0.15) is 0 Å². The molecule has 1 aromatic carbocycles. The van der Waals surface area contributed by atoms with Crippen LogP contribution in [0.3, 0.4) is 0 Å². The molecule has 0 aliphatic carbocycles. The predicted molar refractivity (Wildman–Crippen MR) is 73.7 cm³/mol. The number of rotatable bonds is 2. The van der Waals surface area contributed by atoms with Gasteiger partial charge in [-0.15, -0.1) is 0 Å². The first-order valence-electron chi connectivity index (χ1n) is 5.39. The zero-order valence-corrected chi connectivity index (χ0v) is 12.0. The number of fused-ring (bicyclic) bond motifs is 1. The summed E-state index contributed by atoms with van der Waals surface area (Å²) >= 11 is 5.64. The molecule has 0 atom stereocenters. The van der Waals surface area contributed by atoms with E-state index in [9.17, 15) is 4.79 Å². The number of carbonyl (C=O) groups is 1. The number of aromatic nitrogens is 3. The summed E-state index contributed by atoms with van der Waals surface area (Å²) in [5.41, 5.74) is 2.47. The molecule has 0 saturated heterocycles. The van der Waals surface area contributed by atoms with Crippen LogP contribution in [-0.4, -0.2) is 33.8 Å². The van der Waals surface area contributed by atoms with Crippen LogP contribution in [0.1, 0.15) is 10.5 Å². The van der Waals surface area contributed by atoms with Crippen LogP contribution in [0, 0.1) is 0 Å². The van der Waals surface area contributed by atoms with Gasteiger partial charge in [-0.1, -0.05) is 0 Å². The van der Waals surface area contributed by atoms with E-state index < -0.39 is 0 Å². The Morgan fingerprint density at radius 1 is 1.16 bits per heavy atom. The van der Waals surface area contributed by atoms with Gasteiger partial charge in [0, 0.05) is 0 Å². The molecule has 3 aromatic rings. The average Bonchev–Trinajstić information content (AvgIpc) is 2.88. The molecule has 1 amide bonds. The van der Waals surface area contributed by atoms with Crippen molar-refractivity contribution in [2.45, 2.75) is 0 Å². The monoisotopic (exact) mass is 338 g/mol. The molecule has 0 aliphatic rings. The number of amides is 1. The molecule has 0 aliphatic heterocycles. The number of pyridine rings is 1. The number of nitrogens with one attached hydrogen (secondary N) is 1. The van der Waals surface area contributed by atoms with E-state index in [-0.39, 0.29) is 31.7 Å². The molecule has 3 rings (SSSR count). The molecule has 19 heavy (non-hydrogen) atoms. The SMILES string of the molecule is O=C(Nc1cccc2n[se]nc12)c1cccc(Cl)n1. The maximum atomic E-state index is 12.1. The number of carbonyl (C=O) groups excluding carboxylic acids is 1. The summed E-state index contributed by atoms with van der Waals surface area (Å²) in [6.45, 7) is 0. The fraction of sp³-hybridized carbons (Fsp3) is 0. The minimum atomic E-state index is -0.314. The van der Waals surface area contributed by atoms with Crippen molar-refractivity contribution in [2.75, 3.05) is 5.32 Å². The van der Waals surface area contributed by atoms with E-state index in [1.807, 2.05) is 12.1 Å². The number of hydrogen-bond donors (Lipinski definition) is 1. The molecule has 2 aromatic heterocycles. The van der Waals surface area contributed by atoms with E-state index in [1.54, 1.807) is 24.3 Å². The molecule has 0 fully saturated rings. The van der Waals surface area contributed by atoms with E-state index in [0.29, 0.717) is 5.69 Å². The van der Waals surface area contributed by atoms with Crippen molar-refractivity contribution < 1.29 is 4.79 Å². The molecule has 0 bridgehead atoms. The fourth-order valence-corrected chi connectivity index (χ4v) is 2.95. The minimum absolute atomic E-state index is 0.128. The summed E-state index contributed by atoms with van der Waals surface area (Å²) in [5, 5.41) is 3.07. The topological polar surface area (TPSA) is 67.8 Å². The van der Waals surface area contributed by atoms with Crippen molar-refractivity contribution in [2.24, 2.45) is 0 Å². The summed E-state index contributed by atoms with van der Waals surface area (Å²) in [6.07, 6.45) is 0. The molecular formula is C12H7ClN4OSe. The van der Waals surface area contributed by atoms with Crippen LogP contribution in [0.25, 0.3) is 11.0 Å². The molecule has 1 N–H and O–H groups in total. The van der Waals surface area contributed by atoms with Crippen molar-refractivity contribution >= 4 is 49.2 Å².